The molecule has 30 heavy (non-hydrogen) atoms. The fraction of sp³-hybridized carbons (Fsp3) is 0.333. The second-order valence-electron chi connectivity index (χ2n) is 7.36. The summed E-state index contributed by atoms with van der Waals surface area (Å²) in [5.41, 5.74) is 2.81. The van der Waals surface area contributed by atoms with Gasteiger partial charge in [0.15, 0.2) is 5.16 Å². The third-order valence-corrected chi connectivity index (χ3v) is 7.78. The van der Waals surface area contributed by atoms with Crippen LogP contribution >= 0.6 is 34.7 Å². The van der Waals surface area contributed by atoms with Crippen LogP contribution in [0.5, 0.6) is 0 Å². The number of thiophene rings is 1. The van der Waals surface area contributed by atoms with Gasteiger partial charge >= 0.3 is 0 Å². The Labute approximate surface area is 186 Å². The van der Waals surface area contributed by atoms with Crippen LogP contribution in [-0.4, -0.2) is 19.7 Å². The van der Waals surface area contributed by atoms with Gasteiger partial charge in [-0.15, -0.1) is 21.5 Å². The van der Waals surface area contributed by atoms with Crippen molar-refractivity contribution >= 4 is 44.9 Å². The highest BCUT2D eigenvalue weighted by Crippen LogP contribution is 2.36. The molecule has 0 spiro atoms. The molecule has 0 fully saturated rings. The Bertz CT molecular complexity index is 1320. The largest absolute Gasteiger partial charge is 0.425 e. The van der Waals surface area contributed by atoms with E-state index in [1.54, 1.807) is 22.8 Å². The number of aromatic nitrogens is 4. The summed E-state index contributed by atoms with van der Waals surface area (Å²) in [6, 6.07) is 5.66. The van der Waals surface area contributed by atoms with Crippen molar-refractivity contribution in [1.82, 2.24) is 19.7 Å². The fourth-order valence-electron chi connectivity index (χ4n) is 3.75. The molecule has 0 amide bonds. The van der Waals surface area contributed by atoms with Gasteiger partial charge in [-0.2, -0.15) is 0 Å². The minimum absolute atomic E-state index is 0.0384. The molecule has 3 aromatic heterocycles. The van der Waals surface area contributed by atoms with Gasteiger partial charge in [-0.3, -0.25) is 9.36 Å². The monoisotopic (exact) mass is 458 g/mol. The van der Waals surface area contributed by atoms with Gasteiger partial charge in [0.25, 0.3) is 5.56 Å². The Hall–Kier alpha value is -2.16. The summed E-state index contributed by atoms with van der Waals surface area (Å²) in [6.07, 6.45) is 4.24. The lowest BCUT2D eigenvalue weighted by Gasteiger charge is -2.14. The van der Waals surface area contributed by atoms with Crippen LogP contribution in [-0.2, 0) is 18.6 Å². The topological polar surface area (TPSA) is 73.8 Å². The van der Waals surface area contributed by atoms with Crippen molar-refractivity contribution in [1.29, 1.82) is 0 Å². The number of hydrogen-bond acceptors (Lipinski definition) is 7. The summed E-state index contributed by atoms with van der Waals surface area (Å²) in [4.78, 5) is 20.7. The SMILES string of the molecule is Cc1nnc(CSc2nc3sc4c(c3c(=O)n2-c2ccc(C)c(Cl)c2)CCCC4)o1. The first kappa shape index (κ1) is 19.8. The molecule has 3 heterocycles. The number of fused-ring (bicyclic) bond motifs is 3. The van der Waals surface area contributed by atoms with E-state index in [1.165, 1.54) is 28.6 Å². The normalized spacial score (nSPS) is 13.7. The van der Waals surface area contributed by atoms with E-state index in [9.17, 15) is 4.79 Å². The van der Waals surface area contributed by atoms with E-state index in [0.717, 1.165) is 35.0 Å². The van der Waals surface area contributed by atoms with Crippen molar-refractivity contribution in [2.45, 2.75) is 50.4 Å². The van der Waals surface area contributed by atoms with Gasteiger partial charge in [0.05, 0.1) is 16.8 Å². The number of thioether (sulfide) groups is 1. The Kier molecular flexibility index (Phi) is 5.16. The number of aryl methyl sites for hydroxylation is 4. The number of rotatable bonds is 4. The molecule has 0 unspecified atom stereocenters. The van der Waals surface area contributed by atoms with Crippen LogP contribution in [0.25, 0.3) is 15.9 Å². The van der Waals surface area contributed by atoms with Crippen molar-refractivity contribution in [3.05, 3.63) is 61.4 Å². The maximum Gasteiger partial charge on any atom is 0.267 e. The van der Waals surface area contributed by atoms with E-state index in [0.29, 0.717) is 33.4 Å². The second-order valence-corrected chi connectivity index (χ2v) is 9.80. The van der Waals surface area contributed by atoms with Gasteiger partial charge in [0.1, 0.15) is 4.83 Å². The molecular formula is C21H19ClN4O2S2. The zero-order valence-corrected chi connectivity index (χ0v) is 19.0. The van der Waals surface area contributed by atoms with Crippen molar-refractivity contribution < 1.29 is 4.42 Å². The summed E-state index contributed by atoms with van der Waals surface area (Å²) < 4.78 is 7.16. The van der Waals surface area contributed by atoms with Crippen molar-refractivity contribution in [3.63, 3.8) is 0 Å². The molecule has 1 aliphatic rings. The number of halogens is 1. The van der Waals surface area contributed by atoms with Gasteiger partial charge in [-0.05, 0) is 55.9 Å². The minimum Gasteiger partial charge on any atom is -0.425 e. The predicted octanol–water partition coefficient (Wildman–Crippen LogP) is 5.27. The van der Waals surface area contributed by atoms with Gasteiger partial charge in [-0.25, -0.2) is 4.98 Å². The van der Waals surface area contributed by atoms with E-state index in [1.807, 2.05) is 25.1 Å². The fourth-order valence-corrected chi connectivity index (χ4v) is 6.08. The lowest BCUT2D eigenvalue weighted by atomic mass is 9.97. The number of nitrogens with zero attached hydrogens (tertiary/aromatic N) is 4. The molecule has 1 aliphatic carbocycles. The maximum absolute atomic E-state index is 13.7. The van der Waals surface area contributed by atoms with Crippen LogP contribution in [0.3, 0.4) is 0 Å². The third-order valence-electron chi connectivity index (χ3n) is 5.26. The Morgan fingerprint density at radius 2 is 2.07 bits per heavy atom. The summed E-state index contributed by atoms with van der Waals surface area (Å²) in [7, 11) is 0. The lowest BCUT2D eigenvalue weighted by molar-refractivity contribution is 0.485. The van der Waals surface area contributed by atoms with E-state index < -0.39 is 0 Å². The average Bonchev–Trinajstić information content (AvgIpc) is 3.31. The van der Waals surface area contributed by atoms with E-state index >= 15 is 0 Å². The first-order chi connectivity index (χ1) is 14.5. The molecule has 0 radical (unpaired) electrons. The van der Waals surface area contributed by atoms with E-state index in [4.69, 9.17) is 21.0 Å². The molecule has 9 heteroatoms. The highest BCUT2D eigenvalue weighted by Gasteiger charge is 2.23. The molecule has 5 rings (SSSR count). The van der Waals surface area contributed by atoms with Crippen LogP contribution in [0.15, 0.2) is 32.6 Å². The quantitative estimate of drug-likeness (QED) is 0.306. The number of benzene rings is 1. The first-order valence-corrected chi connectivity index (χ1v) is 11.9. The molecule has 154 valence electrons. The van der Waals surface area contributed by atoms with Crippen molar-refractivity contribution in [2.24, 2.45) is 0 Å². The predicted molar refractivity (Wildman–Crippen MR) is 120 cm³/mol. The average molecular weight is 459 g/mol. The van der Waals surface area contributed by atoms with Gasteiger partial charge < -0.3 is 4.42 Å². The van der Waals surface area contributed by atoms with Gasteiger partial charge in [-0.1, -0.05) is 29.4 Å². The summed E-state index contributed by atoms with van der Waals surface area (Å²) in [6.45, 7) is 3.70. The van der Waals surface area contributed by atoms with Gasteiger partial charge in [0, 0.05) is 16.8 Å². The molecule has 0 atom stereocenters. The zero-order chi connectivity index (χ0) is 20.8. The van der Waals surface area contributed by atoms with Crippen LogP contribution < -0.4 is 5.56 Å². The highest BCUT2D eigenvalue weighted by molar-refractivity contribution is 7.98. The smallest absolute Gasteiger partial charge is 0.267 e. The highest BCUT2D eigenvalue weighted by atomic mass is 35.5. The summed E-state index contributed by atoms with van der Waals surface area (Å²) in [5.74, 6) is 1.46. The zero-order valence-electron chi connectivity index (χ0n) is 16.6. The molecule has 4 aromatic rings. The summed E-state index contributed by atoms with van der Waals surface area (Å²) in [5, 5.41) is 9.91. The van der Waals surface area contributed by atoms with E-state index in [2.05, 4.69) is 10.2 Å². The van der Waals surface area contributed by atoms with E-state index in [-0.39, 0.29) is 5.56 Å². The molecule has 0 saturated heterocycles. The lowest BCUT2D eigenvalue weighted by Crippen LogP contribution is -2.22. The Balaban J connectivity index is 1.69. The first-order valence-electron chi connectivity index (χ1n) is 9.77. The Morgan fingerprint density at radius 3 is 2.83 bits per heavy atom. The molecule has 0 saturated carbocycles. The maximum atomic E-state index is 13.7. The molecule has 0 aliphatic heterocycles. The van der Waals surface area contributed by atoms with Crippen LogP contribution in [0.1, 0.15) is 40.6 Å². The summed E-state index contributed by atoms with van der Waals surface area (Å²) >= 11 is 9.44. The minimum atomic E-state index is -0.0384. The molecular weight excluding hydrogens is 440 g/mol. The molecule has 0 N–H and O–H groups in total. The van der Waals surface area contributed by atoms with Crippen LogP contribution in [0.2, 0.25) is 5.02 Å². The number of hydrogen-bond donors (Lipinski definition) is 0. The second kappa shape index (κ2) is 7.83. The van der Waals surface area contributed by atoms with Gasteiger partial charge in [0.2, 0.25) is 11.8 Å². The standard InChI is InChI=1S/C21H19ClN4O2S2/c1-11-7-8-13(9-15(11)22)26-20(27)18-14-5-3-4-6-16(14)30-19(18)23-21(26)29-10-17-25-24-12(2)28-17/h7-9H,3-6,10H2,1-2H3. The Morgan fingerprint density at radius 1 is 1.23 bits per heavy atom. The van der Waals surface area contributed by atoms with Crippen molar-refractivity contribution in [3.8, 4) is 5.69 Å². The molecule has 6 nitrogen and oxygen atoms in total. The molecule has 1 aromatic carbocycles. The van der Waals surface area contributed by atoms with Crippen molar-refractivity contribution in [2.75, 3.05) is 0 Å². The molecule has 0 bridgehead atoms. The van der Waals surface area contributed by atoms with Crippen LogP contribution in [0, 0.1) is 13.8 Å². The third kappa shape index (κ3) is 3.46. The van der Waals surface area contributed by atoms with Crippen LogP contribution in [0.4, 0.5) is 0 Å².